The summed E-state index contributed by atoms with van der Waals surface area (Å²) in [6.07, 6.45) is -4.10. The highest BCUT2D eigenvalue weighted by Crippen LogP contribution is 2.18. The zero-order valence-corrected chi connectivity index (χ0v) is 15.5. The molecule has 0 unspecified atom stereocenters. The summed E-state index contributed by atoms with van der Waals surface area (Å²) in [7, 11) is 0. The van der Waals surface area contributed by atoms with Gasteiger partial charge in [0, 0.05) is 30.6 Å². The van der Waals surface area contributed by atoms with Gasteiger partial charge in [0.05, 0.1) is 0 Å². The Morgan fingerprint density at radius 1 is 1.07 bits per heavy atom. The van der Waals surface area contributed by atoms with Gasteiger partial charge in [0.25, 0.3) is 5.91 Å². The predicted octanol–water partition coefficient (Wildman–Crippen LogP) is 2.78. The number of anilines is 1. The Morgan fingerprint density at radius 2 is 1.74 bits per heavy atom. The van der Waals surface area contributed by atoms with Crippen LogP contribution in [0.5, 0.6) is 0 Å². The van der Waals surface area contributed by atoms with Crippen molar-refractivity contribution in [2.75, 3.05) is 18.4 Å². The Hall–Kier alpha value is -2.58. The molecule has 3 amide bonds. The topological polar surface area (TPSA) is 87.3 Å². The van der Waals surface area contributed by atoms with Crippen molar-refractivity contribution in [1.82, 2.24) is 10.6 Å². The number of benzene rings is 1. The van der Waals surface area contributed by atoms with E-state index in [4.69, 9.17) is 0 Å². The molecule has 0 atom stereocenters. The monoisotopic (exact) mass is 387 g/mol. The fourth-order valence-electron chi connectivity index (χ4n) is 2.15. The first-order valence-electron chi connectivity index (χ1n) is 8.50. The van der Waals surface area contributed by atoms with Gasteiger partial charge in [0.1, 0.15) is 6.54 Å². The van der Waals surface area contributed by atoms with E-state index in [1.54, 1.807) is 12.2 Å². The van der Waals surface area contributed by atoms with Crippen LogP contribution in [0.15, 0.2) is 18.2 Å². The average molecular weight is 387 g/mol. The van der Waals surface area contributed by atoms with Crippen LogP contribution >= 0.6 is 0 Å². The predicted molar refractivity (Wildman–Crippen MR) is 95.3 cm³/mol. The van der Waals surface area contributed by atoms with Crippen LogP contribution in [0.4, 0.5) is 18.9 Å². The van der Waals surface area contributed by atoms with Crippen molar-refractivity contribution in [1.29, 1.82) is 0 Å². The summed E-state index contributed by atoms with van der Waals surface area (Å²) < 4.78 is 36.6. The van der Waals surface area contributed by atoms with Gasteiger partial charge in [-0.15, -0.1) is 0 Å². The molecule has 3 N–H and O–H groups in total. The molecule has 1 rings (SSSR count). The van der Waals surface area contributed by atoms with Crippen LogP contribution in [0, 0.1) is 12.8 Å². The first kappa shape index (κ1) is 22.5. The zero-order chi connectivity index (χ0) is 20.6. The fraction of sp³-hybridized carbons (Fsp3) is 0.500. The summed E-state index contributed by atoms with van der Waals surface area (Å²) in [5.74, 6) is -1.19. The summed E-state index contributed by atoms with van der Waals surface area (Å²) in [6, 6.07) is 4.22. The van der Waals surface area contributed by atoms with Crippen LogP contribution in [0.1, 0.15) is 42.6 Å². The van der Waals surface area contributed by atoms with Gasteiger partial charge >= 0.3 is 6.18 Å². The van der Waals surface area contributed by atoms with Gasteiger partial charge < -0.3 is 16.0 Å². The standard InChI is InChI=1S/C18H24F3N3O3/c1-11(2)8-16(26)22-7-6-15(25)24-14-9-13(5-4-12(14)3)17(27)23-10-18(19,20)21/h4-5,9,11H,6-8,10H2,1-3H3,(H,22,26)(H,23,27)(H,24,25). The molecule has 0 spiro atoms. The number of halogens is 3. The lowest BCUT2D eigenvalue weighted by Gasteiger charge is -2.12. The van der Waals surface area contributed by atoms with Gasteiger partial charge in [-0.05, 0) is 30.5 Å². The van der Waals surface area contributed by atoms with Crippen LogP contribution in [-0.4, -0.2) is 37.0 Å². The largest absolute Gasteiger partial charge is 0.405 e. The molecule has 1 aromatic carbocycles. The lowest BCUT2D eigenvalue weighted by Crippen LogP contribution is -2.33. The number of nitrogens with one attached hydrogen (secondary N) is 3. The third-order valence-corrected chi connectivity index (χ3v) is 3.49. The van der Waals surface area contributed by atoms with E-state index in [0.29, 0.717) is 17.7 Å². The highest BCUT2D eigenvalue weighted by atomic mass is 19.4. The van der Waals surface area contributed by atoms with E-state index in [-0.39, 0.29) is 36.3 Å². The minimum absolute atomic E-state index is 0.00499. The normalized spacial score (nSPS) is 11.2. The fourth-order valence-corrected chi connectivity index (χ4v) is 2.15. The number of hydrogen-bond acceptors (Lipinski definition) is 3. The van der Waals surface area contributed by atoms with E-state index in [0.717, 1.165) is 0 Å². The SMILES string of the molecule is Cc1ccc(C(=O)NCC(F)(F)F)cc1NC(=O)CCNC(=O)CC(C)C. The van der Waals surface area contributed by atoms with E-state index in [2.05, 4.69) is 10.6 Å². The van der Waals surface area contributed by atoms with Crippen molar-refractivity contribution in [2.24, 2.45) is 5.92 Å². The van der Waals surface area contributed by atoms with Crippen LogP contribution in [0.25, 0.3) is 0 Å². The minimum atomic E-state index is -4.50. The van der Waals surface area contributed by atoms with Gasteiger partial charge in [-0.1, -0.05) is 19.9 Å². The molecular formula is C18H24F3N3O3. The van der Waals surface area contributed by atoms with E-state index < -0.39 is 18.6 Å². The second kappa shape index (κ2) is 9.94. The number of alkyl halides is 3. The van der Waals surface area contributed by atoms with Gasteiger partial charge in [-0.2, -0.15) is 13.2 Å². The third-order valence-electron chi connectivity index (χ3n) is 3.49. The maximum Gasteiger partial charge on any atom is 0.405 e. The van der Waals surface area contributed by atoms with E-state index in [1.165, 1.54) is 18.2 Å². The molecule has 0 saturated carbocycles. The van der Waals surface area contributed by atoms with Crippen molar-refractivity contribution in [3.8, 4) is 0 Å². The van der Waals surface area contributed by atoms with Gasteiger partial charge in [-0.25, -0.2) is 0 Å². The summed E-state index contributed by atoms with van der Waals surface area (Å²) in [5, 5.41) is 7.01. The van der Waals surface area contributed by atoms with Crippen molar-refractivity contribution in [3.05, 3.63) is 29.3 Å². The van der Waals surface area contributed by atoms with Gasteiger partial charge in [-0.3, -0.25) is 14.4 Å². The lowest BCUT2D eigenvalue weighted by atomic mass is 10.1. The summed E-state index contributed by atoms with van der Waals surface area (Å²) >= 11 is 0. The van der Waals surface area contributed by atoms with Crippen LogP contribution < -0.4 is 16.0 Å². The maximum atomic E-state index is 12.2. The Balaban J connectivity index is 2.60. The van der Waals surface area contributed by atoms with E-state index >= 15 is 0 Å². The number of rotatable bonds is 8. The van der Waals surface area contributed by atoms with Gasteiger partial charge in [0.2, 0.25) is 11.8 Å². The molecule has 0 aliphatic heterocycles. The summed E-state index contributed by atoms with van der Waals surface area (Å²) in [6.45, 7) is 4.25. The van der Waals surface area contributed by atoms with Crippen molar-refractivity contribution < 1.29 is 27.6 Å². The highest BCUT2D eigenvalue weighted by Gasteiger charge is 2.28. The number of carbonyl (C=O) groups excluding carboxylic acids is 3. The molecule has 0 radical (unpaired) electrons. The van der Waals surface area contributed by atoms with Gasteiger partial charge in [0.15, 0.2) is 0 Å². The Kier molecular flexibility index (Phi) is 8.27. The molecular weight excluding hydrogens is 363 g/mol. The van der Waals surface area contributed by atoms with Crippen LogP contribution in [0.2, 0.25) is 0 Å². The van der Waals surface area contributed by atoms with Crippen LogP contribution in [0.3, 0.4) is 0 Å². The second-order valence-corrected chi connectivity index (χ2v) is 6.57. The molecule has 27 heavy (non-hydrogen) atoms. The molecule has 0 heterocycles. The Morgan fingerprint density at radius 3 is 2.33 bits per heavy atom. The number of carbonyl (C=O) groups is 3. The molecule has 0 fully saturated rings. The number of hydrogen-bond donors (Lipinski definition) is 3. The zero-order valence-electron chi connectivity index (χ0n) is 15.5. The first-order valence-corrected chi connectivity index (χ1v) is 8.50. The van der Waals surface area contributed by atoms with Crippen molar-refractivity contribution >= 4 is 23.4 Å². The molecule has 0 bridgehead atoms. The van der Waals surface area contributed by atoms with E-state index in [9.17, 15) is 27.6 Å². The van der Waals surface area contributed by atoms with Crippen LogP contribution in [-0.2, 0) is 9.59 Å². The highest BCUT2D eigenvalue weighted by molar-refractivity contribution is 5.97. The molecule has 1 aromatic rings. The maximum absolute atomic E-state index is 12.2. The molecule has 9 heteroatoms. The Labute approximate surface area is 155 Å². The quantitative estimate of drug-likeness (QED) is 0.641. The Bertz CT molecular complexity index is 688. The summed E-state index contributed by atoms with van der Waals surface area (Å²) in [4.78, 5) is 35.3. The first-order chi connectivity index (χ1) is 12.5. The molecule has 0 aromatic heterocycles. The van der Waals surface area contributed by atoms with Crippen molar-refractivity contribution in [3.63, 3.8) is 0 Å². The molecule has 6 nitrogen and oxygen atoms in total. The molecule has 150 valence electrons. The average Bonchev–Trinajstić information content (AvgIpc) is 2.53. The second-order valence-electron chi connectivity index (χ2n) is 6.57. The number of aryl methyl sites for hydroxylation is 1. The molecule has 0 saturated heterocycles. The molecule has 0 aliphatic carbocycles. The molecule has 0 aliphatic rings. The smallest absolute Gasteiger partial charge is 0.356 e. The lowest BCUT2D eigenvalue weighted by molar-refractivity contribution is -0.123. The third kappa shape index (κ3) is 9.07. The minimum Gasteiger partial charge on any atom is -0.356 e. The summed E-state index contributed by atoms with van der Waals surface area (Å²) in [5.41, 5.74) is 0.984. The number of amides is 3. The van der Waals surface area contributed by atoms with Crippen molar-refractivity contribution in [2.45, 2.75) is 39.8 Å². The van der Waals surface area contributed by atoms with E-state index in [1.807, 2.05) is 13.8 Å².